The number of aliphatic hydroxyl groups is 1. The van der Waals surface area contributed by atoms with E-state index in [1.54, 1.807) is 0 Å². The zero-order valence-electron chi connectivity index (χ0n) is 14.8. The van der Waals surface area contributed by atoms with E-state index >= 15 is 0 Å². The van der Waals surface area contributed by atoms with Crippen molar-refractivity contribution < 1.29 is 9.84 Å². The molecule has 1 aromatic carbocycles. The van der Waals surface area contributed by atoms with Crippen LogP contribution >= 0.6 is 0 Å². The van der Waals surface area contributed by atoms with Gasteiger partial charge in [0.1, 0.15) is 12.4 Å². The van der Waals surface area contributed by atoms with Crippen molar-refractivity contribution >= 4 is 11.0 Å². The average Bonchev–Trinajstić information content (AvgIpc) is 3.15. The molecule has 1 fully saturated rings. The van der Waals surface area contributed by atoms with Crippen LogP contribution in [0.3, 0.4) is 0 Å². The van der Waals surface area contributed by atoms with Gasteiger partial charge >= 0.3 is 0 Å². The van der Waals surface area contributed by atoms with Crippen molar-refractivity contribution in [3.8, 4) is 5.75 Å². The zero-order chi connectivity index (χ0) is 17.8. The van der Waals surface area contributed by atoms with Crippen LogP contribution in [0.25, 0.3) is 11.0 Å². The summed E-state index contributed by atoms with van der Waals surface area (Å²) in [5.41, 5.74) is 3.25. The van der Waals surface area contributed by atoms with Crippen molar-refractivity contribution in [2.24, 2.45) is 0 Å². The van der Waals surface area contributed by atoms with Gasteiger partial charge in [-0.2, -0.15) is 5.10 Å². The number of nitrogens with one attached hydrogen (secondary N) is 1. The van der Waals surface area contributed by atoms with Gasteiger partial charge in [0, 0.05) is 30.1 Å². The normalized spacial score (nSPS) is 18.3. The summed E-state index contributed by atoms with van der Waals surface area (Å²) in [4.78, 5) is 7.24. The number of aromatic amines is 1. The zero-order valence-corrected chi connectivity index (χ0v) is 14.8. The standard InChI is InChI=1S/C20H24N4O2/c25-9-10-26-18-5-1-3-15(11-18)13-24-8-2-4-17(14-24)19-7-6-16-12-21-23-20(16)22-19/h1,3,5-7,11-12,17,25H,2,4,8-10,13-14H2,(H,21,22,23)/t17-/m0/s1. The molecule has 1 aliphatic rings. The predicted octanol–water partition coefficient (Wildman–Crippen LogP) is 2.71. The number of ether oxygens (including phenoxy) is 1. The fourth-order valence-corrected chi connectivity index (χ4v) is 3.66. The van der Waals surface area contributed by atoms with E-state index in [9.17, 15) is 0 Å². The molecule has 0 amide bonds. The Kier molecular flexibility index (Phi) is 5.13. The largest absolute Gasteiger partial charge is 0.491 e. The van der Waals surface area contributed by atoms with Crippen LogP contribution < -0.4 is 4.74 Å². The minimum absolute atomic E-state index is 0.0334. The van der Waals surface area contributed by atoms with Crippen LogP contribution in [0.1, 0.15) is 30.0 Å². The van der Waals surface area contributed by atoms with Crippen molar-refractivity contribution in [3.05, 3.63) is 53.9 Å². The van der Waals surface area contributed by atoms with Gasteiger partial charge in [-0.3, -0.25) is 10.00 Å². The van der Waals surface area contributed by atoms with Crippen molar-refractivity contribution in [3.63, 3.8) is 0 Å². The lowest BCUT2D eigenvalue weighted by Crippen LogP contribution is -2.34. The second kappa shape index (κ2) is 7.85. The lowest BCUT2D eigenvalue weighted by Gasteiger charge is -2.32. The number of benzene rings is 1. The van der Waals surface area contributed by atoms with E-state index in [0.717, 1.165) is 42.1 Å². The summed E-state index contributed by atoms with van der Waals surface area (Å²) >= 11 is 0. The lowest BCUT2D eigenvalue weighted by molar-refractivity contribution is 0.195. The number of likely N-dealkylation sites (tertiary alicyclic amines) is 1. The highest BCUT2D eigenvalue weighted by Crippen LogP contribution is 2.28. The molecule has 1 aliphatic heterocycles. The molecule has 0 aliphatic carbocycles. The van der Waals surface area contributed by atoms with E-state index in [2.05, 4.69) is 39.4 Å². The summed E-state index contributed by atoms with van der Waals surface area (Å²) in [6.45, 7) is 3.38. The summed E-state index contributed by atoms with van der Waals surface area (Å²) < 4.78 is 5.52. The smallest absolute Gasteiger partial charge is 0.155 e. The predicted molar refractivity (Wildman–Crippen MR) is 100 cm³/mol. The van der Waals surface area contributed by atoms with Crippen LogP contribution in [0.2, 0.25) is 0 Å². The van der Waals surface area contributed by atoms with Crippen LogP contribution in [0.15, 0.2) is 42.6 Å². The number of rotatable bonds is 6. The first-order valence-corrected chi connectivity index (χ1v) is 9.17. The maximum Gasteiger partial charge on any atom is 0.155 e. The van der Waals surface area contributed by atoms with Gasteiger partial charge in [0.25, 0.3) is 0 Å². The number of hydrogen-bond acceptors (Lipinski definition) is 5. The molecule has 6 heteroatoms. The third-order valence-corrected chi connectivity index (χ3v) is 4.91. The summed E-state index contributed by atoms with van der Waals surface area (Å²) in [6.07, 6.45) is 4.15. The minimum Gasteiger partial charge on any atom is -0.491 e. The molecule has 6 nitrogen and oxygen atoms in total. The molecule has 3 aromatic rings. The van der Waals surface area contributed by atoms with Gasteiger partial charge in [-0.15, -0.1) is 0 Å². The molecule has 4 rings (SSSR count). The van der Waals surface area contributed by atoms with Gasteiger partial charge in [0.05, 0.1) is 12.8 Å². The quantitative estimate of drug-likeness (QED) is 0.713. The Morgan fingerprint density at radius 1 is 1.27 bits per heavy atom. The monoisotopic (exact) mass is 352 g/mol. The summed E-state index contributed by atoms with van der Waals surface area (Å²) in [7, 11) is 0. The molecule has 0 saturated carbocycles. The van der Waals surface area contributed by atoms with Gasteiger partial charge in [0.15, 0.2) is 5.65 Å². The second-order valence-corrected chi connectivity index (χ2v) is 6.84. The first-order chi connectivity index (χ1) is 12.8. The summed E-state index contributed by atoms with van der Waals surface area (Å²) in [6, 6.07) is 12.4. The number of piperidine rings is 1. The Morgan fingerprint density at radius 2 is 2.23 bits per heavy atom. The molecule has 3 heterocycles. The molecule has 0 unspecified atom stereocenters. The van der Waals surface area contributed by atoms with E-state index in [1.165, 1.54) is 18.4 Å². The molecule has 1 atom stereocenters. The molecule has 0 radical (unpaired) electrons. The molecule has 2 aromatic heterocycles. The topological polar surface area (TPSA) is 74.3 Å². The molecule has 0 bridgehead atoms. The molecule has 136 valence electrons. The lowest BCUT2D eigenvalue weighted by atomic mass is 9.94. The number of aromatic nitrogens is 3. The number of nitrogens with zero attached hydrogens (tertiary/aromatic N) is 3. The molecule has 26 heavy (non-hydrogen) atoms. The third-order valence-electron chi connectivity index (χ3n) is 4.91. The molecule has 0 spiro atoms. The maximum atomic E-state index is 8.90. The van der Waals surface area contributed by atoms with Crippen LogP contribution in [0, 0.1) is 0 Å². The Bertz CT molecular complexity index is 864. The van der Waals surface area contributed by atoms with Crippen molar-refractivity contribution in [2.75, 3.05) is 26.3 Å². The number of aliphatic hydroxyl groups excluding tert-OH is 1. The Labute approximate surface area is 152 Å². The first kappa shape index (κ1) is 17.0. The Hall–Kier alpha value is -2.44. The van der Waals surface area contributed by atoms with Gasteiger partial charge < -0.3 is 9.84 Å². The first-order valence-electron chi connectivity index (χ1n) is 9.17. The van der Waals surface area contributed by atoms with Crippen molar-refractivity contribution in [1.29, 1.82) is 0 Å². The maximum absolute atomic E-state index is 8.90. The average molecular weight is 352 g/mol. The third kappa shape index (κ3) is 3.86. The highest BCUT2D eigenvalue weighted by atomic mass is 16.5. The van der Waals surface area contributed by atoms with Gasteiger partial charge in [-0.1, -0.05) is 12.1 Å². The van der Waals surface area contributed by atoms with Crippen molar-refractivity contribution in [2.45, 2.75) is 25.3 Å². The highest BCUT2D eigenvalue weighted by molar-refractivity contribution is 5.73. The Balaban J connectivity index is 1.43. The van der Waals surface area contributed by atoms with E-state index < -0.39 is 0 Å². The molecular formula is C20H24N4O2. The minimum atomic E-state index is 0.0334. The SMILES string of the molecule is OCCOc1cccc(CN2CCC[C@H](c3ccc4cn[nH]c4n3)C2)c1. The Morgan fingerprint density at radius 3 is 3.15 bits per heavy atom. The molecule has 2 N–H and O–H groups in total. The van der Waals surface area contributed by atoms with E-state index in [-0.39, 0.29) is 6.61 Å². The van der Waals surface area contributed by atoms with Crippen LogP contribution in [0.4, 0.5) is 0 Å². The van der Waals surface area contributed by atoms with Crippen molar-refractivity contribution in [1.82, 2.24) is 20.1 Å². The number of hydrogen-bond donors (Lipinski definition) is 2. The fourth-order valence-electron chi connectivity index (χ4n) is 3.66. The van der Waals surface area contributed by atoms with E-state index in [1.807, 2.05) is 18.3 Å². The van der Waals surface area contributed by atoms with Crippen LogP contribution in [-0.4, -0.2) is 51.5 Å². The van der Waals surface area contributed by atoms with Crippen LogP contribution in [-0.2, 0) is 6.54 Å². The van der Waals surface area contributed by atoms with E-state index in [4.69, 9.17) is 14.8 Å². The van der Waals surface area contributed by atoms with Gasteiger partial charge in [0.2, 0.25) is 0 Å². The molecular weight excluding hydrogens is 328 g/mol. The number of fused-ring (bicyclic) bond motifs is 1. The highest BCUT2D eigenvalue weighted by Gasteiger charge is 2.22. The van der Waals surface area contributed by atoms with Gasteiger partial charge in [-0.05, 0) is 49.2 Å². The second-order valence-electron chi connectivity index (χ2n) is 6.84. The van der Waals surface area contributed by atoms with Crippen LogP contribution in [0.5, 0.6) is 5.75 Å². The summed E-state index contributed by atoms with van der Waals surface area (Å²) in [5, 5.41) is 17.0. The summed E-state index contributed by atoms with van der Waals surface area (Å²) in [5.74, 6) is 1.27. The van der Waals surface area contributed by atoms with E-state index in [0.29, 0.717) is 12.5 Å². The number of pyridine rings is 1. The fraction of sp³-hybridized carbons (Fsp3) is 0.400. The van der Waals surface area contributed by atoms with Gasteiger partial charge in [-0.25, -0.2) is 4.98 Å². The molecule has 1 saturated heterocycles. The number of H-pyrrole nitrogens is 1.